The lowest BCUT2D eigenvalue weighted by Crippen LogP contribution is -2.51. The van der Waals surface area contributed by atoms with Crippen LogP contribution < -0.4 is 5.32 Å². The zero-order valence-corrected chi connectivity index (χ0v) is 13.1. The number of aliphatic hydroxyl groups is 1. The van der Waals surface area contributed by atoms with Crippen molar-refractivity contribution >= 4 is 11.7 Å². The minimum absolute atomic E-state index is 0.451. The standard InChI is InChI=1S/C14H9F10NO3/c15-11(16,13(19,20)21)9(27)7-4-2-1-3-6(7)8(26)5-25-10(28)12(17,18)14(22,23)24/h1-4,8,26H,5H2,(H,25,28). The third-order valence-corrected chi connectivity index (χ3v) is 3.30. The highest BCUT2D eigenvalue weighted by molar-refractivity contribution is 6.03. The fourth-order valence-corrected chi connectivity index (χ4v) is 1.83. The first-order chi connectivity index (χ1) is 12.4. The molecule has 1 amide bonds. The molecule has 158 valence electrons. The predicted molar refractivity (Wildman–Crippen MR) is 70.7 cm³/mol. The van der Waals surface area contributed by atoms with Gasteiger partial charge in [0.25, 0.3) is 5.91 Å². The van der Waals surface area contributed by atoms with Gasteiger partial charge in [0.1, 0.15) is 0 Å². The zero-order valence-electron chi connectivity index (χ0n) is 13.1. The van der Waals surface area contributed by atoms with Gasteiger partial charge in [-0.1, -0.05) is 24.3 Å². The summed E-state index contributed by atoms with van der Waals surface area (Å²) in [6.07, 6.45) is -14.9. The van der Waals surface area contributed by atoms with E-state index < -0.39 is 59.7 Å². The Morgan fingerprint density at radius 1 is 0.857 bits per heavy atom. The summed E-state index contributed by atoms with van der Waals surface area (Å²) in [7, 11) is 0. The Morgan fingerprint density at radius 3 is 1.79 bits per heavy atom. The molecule has 0 spiro atoms. The van der Waals surface area contributed by atoms with Crippen LogP contribution >= 0.6 is 0 Å². The summed E-state index contributed by atoms with van der Waals surface area (Å²) in [5.74, 6) is -17.4. The number of amides is 1. The highest BCUT2D eigenvalue weighted by Crippen LogP contribution is 2.39. The number of carbonyl (C=O) groups excluding carboxylic acids is 2. The van der Waals surface area contributed by atoms with E-state index >= 15 is 0 Å². The van der Waals surface area contributed by atoms with Gasteiger partial charge in [0, 0.05) is 12.1 Å². The molecule has 14 heteroatoms. The molecule has 1 atom stereocenters. The highest BCUT2D eigenvalue weighted by atomic mass is 19.4. The van der Waals surface area contributed by atoms with Crippen molar-refractivity contribution in [3.63, 3.8) is 0 Å². The van der Waals surface area contributed by atoms with Crippen molar-refractivity contribution in [3.8, 4) is 0 Å². The molecule has 1 aromatic carbocycles. The number of rotatable bonds is 6. The number of alkyl halides is 10. The first-order valence-corrected chi connectivity index (χ1v) is 6.93. The van der Waals surface area contributed by atoms with E-state index in [4.69, 9.17) is 0 Å². The van der Waals surface area contributed by atoms with Crippen LogP contribution in [0.4, 0.5) is 43.9 Å². The fourth-order valence-electron chi connectivity index (χ4n) is 1.83. The molecule has 0 saturated carbocycles. The Labute approximate surface area is 149 Å². The molecule has 0 aliphatic rings. The second-order valence-electron chi connectivity index (χ2n) is 5.29. The molecular weight excluding hydrogens is 420 g/mol. The Hall–Kier alpha value is -2.38. The van der Waals surface area contributed by atoms with Crippen molar-refractivity contribution in [2.24, 2.45) is 0 Å². The van der Waals surface area contributed by atoms with Gasteiger partial charge in [0.05, 0.1) is 6.10 Å². The molecule has 0 saturated heterocycles. The highest BCUT2D eigenvalue weighted by Gasteiger charge is 2.64. The molecule has 1 aromatic rings. The van der Waals surface area contributed by atoms with Gasteiger partial charge in [-0.3, -0.25) is 9.59 Å². The summed E-state index contributed by atoms with van der Waals surface area (Å²) in [4.78, 5) is 22.5. The van der Waals surface area contributed by atoms with E-state index in [1.165, 1.54) is 0 Å². The monoisotopic (exact) mass is 429 g/mol. The van der Waals surface area contributed by atoms with Crippen LogP contribution in [0.25, 0.3) is 0 Å². The van der Waals surface area contributed by atoms with Crippen molar-refractivity contribution in [2.45, 2.75) is 30.3 Å². The molecule has 0 bridgehead atoms. The van der Waals surface area contributed by atoms with E-state index in [0.717, 1.165) is 17.4 Å². The lowest BCUT2D eigenvalue weighted by molar-refractivity contribution is -0.269. The minimum atomic E-state index is -6.29. The van der Waals surface area contributed by atoms with Crippen LogP contribution in [0.1, 0.15) is 22.0 Å². The van der Waals surface area contributed by atoms with Crippen LogP contribution in [-0.4, -0.2) is 47.5 Å². The quantitative estimate of drug-likeness (QED) is 0.538. The Balaban J connectivity index is 3.08. The number of aliphatic hydroxyl groups excluding tert-OH is 1. The predicted octanol–water partition coefficient (Wildman–Crippen LogP) is 3.41. The maximum absolute atomic E-state index is 13.2. The topological polar surface area (TPSA) is 66.4 Å². The number of hydrogen-bond acceptors (Lipinski definition) is 3. The average molecular weight is 429 g/mol. The van der Waals surface area contributed by atoms with E-state index in [1.54, 1.807) is 0 Å². The molecule has 4 nitrogen and oxygen atoms in total. The first kappa shape index (κ1) is 23.7. The molecule has 0 radical (unpaired) electrons. The number of benzene rings is 1. The van der Waals surface area contributed by atoms with E-state index in [-0.39, 0.29) is 0 Å². The van der Waals surface area contributed by atoms with Crippen molar-refractivity contribution < 1.29 is 58.6 Å². The second kappa shape index (κ2) is 7.56. The smallest absolute Gasteiger partial charge is 0.387 e. The van der Waals surface area contributed by atoms with Crippen LogP contribution in [0.2, 0.25) is 0 Å². The van der Waals surface area contributed by atoms with Gasteiger partial charge in [-0.2, -0.15) is 43.9 Å². The summed E-state index contributed by atoms with van der Waals surface area (Å²) in [6, 6.07) is 2.89. The molecule has 0 aliphatic heterocycles. The summed E-state index contributed by atoms with van der Waals surface area (Å²) in [5.41, 5.74) is -2.32. The zero-order chi connectivity index (χ0) is 22.1. The lowest BCUT2D eigenvalue weighted by Gasteiger charge is -2.22. The number of Topliss-reactive ketones (excluding diaryl/α,β-unsaturated/α-hetero) is 1. The maximum Gasteiger partial charge on any atom is 0.463 e. The van der Waals surface area contributed by atoms with E-state index in [0.29, 0.717) is 12.1 Å². The first-order valence-electron chi connectivity index (χ1n) is 6.93. The average Bonchev–Trinajstić information content (AvgIpc) is 2.56. The SMILES string of the molecule is O=C(NCC(O)c1ccccc1C(=O)C(F)(F)C(F)(F)F)C(F)(F)C(F)(F)F. The van der Waals surface area contributed by atoms with Crippen molar-refractivity contribution in [3.05, 3.63) is 35.4 Å². The molecular formula is C14H9F10NO3. The van der Waals surface area contributed by atoms with Gasteiger partial charge < -0.3 is 10.4 Å². The Kier molecular flexibility index (Phi) is 6.39. The summed E-state index contributed by atoms with van der Waals surface area (Å²) in [5, 5.41) is 10.7. The molecule has 1 unspecified atom stereocenters. The normalized spacial score (nSPS) is 14.5. The van der Waals surface area contributed by atoms with Crippen molar-refractivity contribution in [2.75, 3.05) is 6.54 Å². The number of ketones is 1. The number of carbonyl (C=O) groups is 2. The largest absolute Gasteiger partial charge is 0.463 e. The van der Waals surface area contributed by atoms with E-state index in [2.05, 4.69) is 0 Å². The van der Waals surface area contributed by atoms with Crippen LogP contribution in [0.15, 0.2) is 24.3 Å². The van der Waals surface area contributed by atoms with Crippen LogP contribution in [0, 0.1) is 0 Å². The number of halogens is 10. The van der Waals surface area contributed by atoms with Crippen LogP contribution in [-0.2, 0) is 4.79 Å². The van der Waals surface area contributed by atoms with Gasteiger partial charge in [0.2, 0.25) is 5.78 Å². The molecule has 2 N–H and O–H groups in total. The third-order valence-electron chi connectivity index (χ3n) is 3.30. The van der Waals surface area contributed by atoms with Crippen LogP contribution in [0.3, 0.4) is 0 Å². The van der Waals surface area contributed by atoms with Gasteiger partial charge in [-0.25, -0.2) is 0 Å². The summed E-state index contributed by atoms with van der Waals surface area (Å²) < 4.78 is 125. The van der Waals surface area contributed by atoms with Gasteiger partial charge in [-0.05, 0) is 5.56 Å². The summed E-state index contributed by atoms with van der Waals surface area (Å²) in [6.45, 7) is -1.44. The lowest BCUT2D eigenvalue weighted by atomic mass is 9.95. The second-order valence-corrected chi connectivity index (χ2v) is 5.29. The van der Waals surface area contributed by atoms with E-state index in [9.17, 15) is 58.6 Å². The molecule has 0 aromatic heterocycles. The number of nitrogens with one attached hydrogen (secondary N) is 1. The molecule has 0 heterocycles. The summed E-state index contributed by atoms with van der Waals surface area (Å²) >= 11 is 0. The molecule has 0 fully saturated rings. The van der Waals surface area contributed by atoms with Crippen molar-refractivity contribution in [1.82, 2.24) is 5.32 Å². The number of hydrogen-bond donors (Lipinski definition) is 2. The minimum Gasteiger partial charge on any atom is -0.387 e. The maximum atomic E-state index is 13.2. The van der Waals surface area contributed by atoms with Gasteiger partial charge >= 0.3 is 24.2 Å². The Bertz CT molecular complexity index is 742. The van der Waals surface area contributed by atoms with Crippen LogP contribution in [0.5, 0.6) is 0 Å². The Morgan fingerprint density at radius 2 is 1.32 bits per heavy atom. The van der Waals surface area contributed by atoms with Gasteiger partial charge in [0.15, 0.2) is 0 Å². The molecule has 1 rings (SSSR count). The molecule has 0 aliphatic carbocycles. The fraction of sp³-hybridized carbons (Fsp3) is 0.429. The van der Waals surface area contributed by atoms with Gasteiger partial charge in [-0.15, -0.1) is 0 Å². The third kappa shape index (κ3) is 4.54. The van der Waals surface area contributed by atoms with Crippen molar-refractivity contribution in [1.29, 1.82) is 0 Å². The van der Waals surface area contributed by atoms with E-state index in [1.807, 2.05) is 0 Å². The molecule has 28 heavy (non-hydrogen) atoms.